The van der Waals surface area contributed by atoms with E-state index in [0.717, 1.165) is 6.42 Å². The van der Waals surface area contributed by atoms with E-state index in [4.69, 9.17) is 4.74 Å². The summed E-state index contributed by atoms with van der Waals surface area (Å²) >= 11 is 0. The zero-order valence-corrected chi connectivity index (χ0v) is 12.3. The highest BCUT2D eigenvalue weighted by molar-refractivity contribution is 7.89. The normalized spacial score (nSPS) is 44.6. The largest absolute Gasteiger partial charge is 0.393 e. The van der Waals surface area contributed by atoms with Gasteiger partial charge in [-0.1, -0.05) is 18.2 Å². The summed E-state index contributed by atoms with van der Waals surface area (Å²) in [6.07, 6.45) is 0.756. The molecule has 114 valence electrons. The number of sulfonamides is 1. The van der Waals surface area contributed by atoms with Gasteiger partial charge in [0.2, 0.25) is 10.0 Å². The molecule has 4 aliphatic rings. The standard InChI is InChI=1S/C15H13NO5S/c17-14-10-8-6-9(11(10)15(18)21-14)13-12(8)16(13)22(19,20)7-4-2-1-3-5-7/h1-5,8-13H,6H2/t8-,9-,10-,11-,12-,13-/m1/s1. The molecule has 2 aliphatic heterocycles. The fraction of sp³-hybridized carbons (Fsp3) is 0.467. The molecule has 2 aliphatic carbocycles. The van der Waals surface area contributed by atoms with Crippen molar-refractivity contribution in [3.63, 3.8) is 0 Å². The average Bonchev–Trinajstić information content (AvgIpc) is 2.85. The van der Waals surface area contributed by atoms with Crippen molar-refractivity contribution in [1.29, 1.82) is 0 Å². The van der Waals surface area contributed by atoms with Crippen LogP contribution in [-0.2, 0) is 24.3 Å². The number of hydrogen-bond acceptors (Lipinski definition) is 5. The molecule has 0 N–H and O–H groups in total. The molecule has 1 aromatic rings. The molecule has 0 amide bonds. The lowest BCUT2D eigenvalue weighted by atomic mass is 9.81. The monoisotopic (exact) mass is 319 g/mol. The maximum atomic E-state index is 12.7. The first kappa shape index (κ1) is 12.8. The minimum Gasteiger partial charge on any atom is -0.393 e. The zero-order valence-electron chi connectivity index (χ0n) is 11.5. The van der Waals surface area contributed by atoms with Gasteiger partial charge in [-0.15, -0.1) is 0 Å². The van der Waals surface area contributed by atoms with Gasteiger partial charge in [-0.3, -0.25) is 9.59 Å². The van der Waals surface area contributed by atoms with Gasteiger partial charge >= 0.3 is 11.9 Å². The van der Waals surface area contributed by atoms with Crippen LogP contribution in [0.15, 0.2) is 35.2 Å². The van der Waals surface area contributed by atoms with E-state index in [9.17, 15) is 18.0 Å². The number of piperidine rings is 1. The SMILES string of the molecule is O=C1OC(=O)[C@@H]2[C@H]3C[C@H]([C@@H]12)[C@@H]1[C@@H]3N1S(=O)(=O)c1ccccc1. The molecule has 6 atom stereocenters. The number of nitrogens with zero attached hydrogens (tertiary/aromatic N) is 1. The molecule has 2 saturated heterocycles. The molecule has 7 heteroatoms. The molecule has 0 aromatic heterocycles. The second-order valence-electron chi connectivity index (χ2n) is 6.48. The second-order valence-corrected chi connectivity index (χ2v) is 8.33. The van der Waals surface area contributed by atoms with Crippen molar-refractivity contribution < 1.29 is 22.7 Å². The third-order valence-electron chi connectivity index (χ3n) is 5.64. The summed E-state index contributed by atoms with van der Waals surface area (Å²) in [5.74, 6) is -1.95. The van der Waals surface area contributed by atoms with Gasteiger partial charge in [0, 0.05) is 12.1 Å². The van der Waals surface area contributed by atoms with Crippen LogP contribution < -0.4 is 0 Å². The predicted molar refractivity (Wildman–Crippen MR) is 72.7 cm³/mol. The maximum absolute atomic E-state index is 12.7. The van der Waals surface area contributed by atoms with Crippen LogP contribution in [0.5, 0.6) is 0 Å². The van der Waals surface area contributed by atoms with Gasteiger partial charge in [-0.05, 0) is 30.4 Å². The Morgan fingerprint density at radius 2 is 1.50 bits per heavy atom. The Hall–Kier alpha value is -1.73. The Morgan fingerprint density at radius 1 is 0.955 bits per heavy atom. The van der Waals surface area contributed by atoms with Crippen LogP contribution in [0.4, 0.5) is 0 Å². The molecule has 1 aromatic carbocycles. The third kappa shape index (κ3) is 1.32. The minimum atomic E-state index is -3.55. The number of carbonyl (C=O) groups excluding carboxylic acids is 2. The molecule has 22 heavy (non-hydrogen) atoms. The summed E-state index contributed by atoms with van der Waals surface area (Å²) in [7, 11) is -3.55. The number of rotatable bonds is 2. The number of carbonyl (C=O) groups is 2. The second kappa shape index (κ2) is 3.78. The van der Waals surface area contributed by atoms with Crippen molar-refractivity contribution in [1.82, 2.24) is 4.31 Å². The molecule has 0 unspecified atom stereocenters. The van der Waals surface area contributed by atoms with E-state index >= 15 is 0 Å². The van der Waals surface area contributed by atoms with E-state index in [2.05, 4.69) is 0 Å². The number of benzene rings is 1. The number of fused-ring (bicyclic) bond motifs is 8. The summed E-state index contributed by atoms with van der Waals surface area (Å²) in [6, 6.07) is 8.01. The summed E-state index contributed by atoms with van der Waals surface area (Å²) in [6.45, 7) is 0. The van der Waals surface area contributed by atoms with Crippen LogP contribution in [0, 0.1) is 23.7 Å². The molecule has 2 bridgehead atoms. The molecule has 4 fully saturated rings. The average molecular weight is 319 g/mol. The number of hydrogen-bond donors (Lipinski definition) is 0. The lowest BCUT2D eigenvalue weighted by molar-refractivity contribution is -0.155. The quantitative estimate of drug-likeness (QED) is 0.448. The Labute approximate surface area is 127 Å². The zero-order chi connectivity index (χ0) is 15.2. The van der Waals surface area contributed by atoms with Gasteiger partial charge in [-0.2, -0.15) is 4.31 Å². The van der Waals surface area contributed by atoms with E-state index in [1.54, 1.807) is 30.3 Å². The van der Waals surface area contributed by atoms with Crippen molar-refractivity contribution in [2.75, 3.05) is 0 Å². The smallest absolute Gasteiger partial charge is 0.317 e. The van der Waals surface area contributed by atoms with E-state index in [1.165, 1.54) is 4.31 Å². The lowest BCUT2D eigenvalue weighted by Gasteiger charge is -2.15. The van der Waals surface area contributed by atoms with E-state index in [0.29, 0.717) is 0 Å². The Bertz CT molecular complexity index is 772. The highest BCUT2D eigenvalue weighted by Crippen LogP contribution is 2.66. The Morgan fingerprint density at radius 3 is 2.05 bits per heavy atom. The molecule has 6 nitrogen and oxygen atoms in total. The van der Waals surface area contributed by atoms with Crippen LogP contribution >= 0.6 is 0 Å². The van der Waals surface area contributed by atoms with Crippen LogP contribution in [0.25, 0.3) is 0 Å². The van der Waals surface area contributed by atoms with Crippen molar-refractivity contribution in [3.05, 3.63) is 30.3 Å². The lowest BCUT2D eigenvalue weighted by Crippen LogP contribution is -2.29. The highest BCUT2D eigenvalue weighted by Gasteiger charge is 2.78. The first-order valence-corrected chi connectivity index (χ1v) is 8.80. The fourth-order valence-electron chi connectivity index (χ4n) is 4.89. The van der Waals surface area contributed by atoms with Gasteiger partial charge in [0.25, 0.3) is 0 Å². The summed E-state index contributed by atoms with van der Waals surface area (Å²) in [4.78, 5) is 23.9. The van der Waals surface area contributed by atoms with Gasteiger partial charge in [0.15, 0.2) is 0 Å². The van der Waals surface area contributed by atoms with Gasteiger partial charge in [0.05, 0.1) is 16.7 Å². The van der Waals surface area contributed by atoms with Crippen molar-refractivity contribution >= 4 is 22.0 Å². The molecule has 5 rings (SSSR count). The number of ether oxygens (including phenoxy) is 1. The van der Waals surface area contributed by atoms with Gasteiger partial charge < -0.3 is 4.74 Å². The molecular weight excluding hydrogens is 306 g/mol. The summed E-state index contributed by atoms with van der Waals surface area (Å²) in [5.41, 5.74) is 0. The summed E-state index contributed by atoms with van der Waals surface area (Å²) < 4.78 is 31.7. The van der Waals surface area contributed by atoms with Gasteiger partial charge in [-0.25, -0.2) is 8.42 Å². The topological polar surface area (TPSA) is 80.5 Å². The first-order valence-electron chi connectivity index (χ1n) is 7.36. The fourth-order valence-corrected chi connectivity index (χ4v) is 6.78. The van der Waals surface area contributed by atoms with Crippen molar-refractivity contribution in [2.45, 2.75) is 23.4 Å². The predicted octanol–water partition coefficient (Wildman–Crippen LogP) is 0.394. The highest BCUT2D eigenvalue weighted by atomic mass is 32.2. The number of esters is 2. The molecule has 0 spiro atoms. The number of cyclic esters (lactones) is 2. The van der Waals surface area contributed by atoms with E-state index < -0.39 is 33.8 Å². The molecule has 2 saturated carbocycles. The van der Waals surface area contributed by atoms with Crippen molar-refractivity contribution in [2.24, 2.45) is 23.7 Å². The van der Waals surface area contributed by atoms with Crippen LogP contribution in [0.2, 0.25) is 0 Å². The van der Waals surface area contributed by atoms with E-state index in [1.807, 2.05) is 0 Å². The molecule has 0 radical (unpaired) electrons. The van der Waals surface area contributed by atoms with Crippen LogP contribution in [0.1, 0.15) is 6.42 Å². The minimum absolute atomic E-state index is 0.0718. The molecule has 2 heterocycles. The Kier molecular flexibility index (Phi) is 2.19. The summed E-state index contributed by atoms with van der Waals surface area (Å²) in [5, 5.41) is 0. The van der Waals surface area contributed by atoms with Crippen LogP contribution in [0.3, 0.4) is 0 Å². The van der Waals surface area contributed by atoms with Crippen molar-refractivity contribution in [3.8, 4) is 0 Å². The maximum Gasteiger partial charge on any atom is 0.317 e. The van der Waals surface area contributed by atoms with Crippen LogP contribution in [-0.4, -0.2) is 36.7 Å². The Balaban J connectivity index is 1.52. The first-order chi connectivity index (χ1) is 10.5. The van der Waals surface area contributed by atoms with E-state index in [-0.39, 0.29) is 28.8 Å². The third-order valence-corrected chi connectivity index (χ3v) is 7.55. The van der Waals surface area contributed by atoms with Gasteiger partial charge in [0.1, 0.15) is 0 Å². The molecular formula is C15H13NO5S.